The first kappa shape index (κ1) is 13.9. The summed E-state index contributed by atoms with van der Waals surface area (Å²) >= 11 is 3.45. The van der Waals surface area contributed by atoms with Crippen molar-refractivity contribution in [1.29, 1.82) is 0 Å². The second-order valence-electron chi connectivity index (χ2n) is 5.64. The molecule has 0 bridgehead atoms. The van der Waals surface area contributed by atoms with E-state index in [9.17, 15) is 9.90 Å². The SMILES string of the molecule is O=C1CCC2CN(c3ccc(Br)cc3CO)CCC2N1. The number of amides is 1. The molecule has 0 spiro atoms. The van der Waals surface area contributed by atoms with Gasteiger partial charge in [-0.2, -0.15) is 0 Å². The summed E-state index contributed by atoms with van der Waals surface area (Å²) in [6.45, 7) is 1.94. The number of halogens is 1. The van der Waals surface area contributed by atoms with Crippen molar-refractivity contribution < 1.29 is 9.90 Å². The zero-order valence-corrected chi connectivity index (χ0v) is 12.9. The molecule has 2 atom stereocenters. The maximum Gasteiger partial charge on any atom is 0.220 e. The van der Waals surface area contributed by atoms with Gasteiger partial charge in [-0.3, -0.25) is 4.79 Å². The fourth-order valence-electron chi connectivity index (χ4n) is 3.32. The van der Waals surface area contributed by atoms with Gasteiger partial charge in [0.2, 0.25) is 5.91 Å². The van der Waals surface area contributed by atoms with Crippen LogP contribution in [-0.2, 0) is 11.4 Å². The standard InChI is InChI=1S/C15H19BrN2O2/c16-12-2-3-14(11(7-12)9-19)18-6-5-13-10(8-18)1-4-15(20)17-13/h2-3,7,10,13,19H,1,4-6,8-9H2,(H,17,20). The second kappa shape index (κ2) is 5.74. The number of anilines is 1. The number of carbonyl (C=O) groups excluding carboxylic acids is 1. The second-order valence-corrected chi connectivity index (χ2v) is 6.55. The summed E-state index contributed by atoms with van der Waals surface area (Å²) in [4.78, 5) is 13.8. The lowest BCUT2D eigenvalue weighted by molar-refractivity contribution is -0.124. The van der Waals surface area contributed by atoms with Crippen molar-refractivity contribution in [3.63, 3.8) is 0 Å². The molecular formula is C15H19BrN2O2. The van der Waals surface area contributed by atoms with Gasteiger partial charge in [0.1, 0.15) is 0 Å². The minimum atomic E-state index is 0.0517. The molecular weight excluding hydrogens is 320 g/mol. The van der Waals surface area contributed by atoms with Crippen LogP contribution in [0.1, 0.15) is 24.8 Å². The molecule has 4 nitrogen and oxygen atoms in total. The molecule has 2 aliphatic heterocycles. The first-order valence-electron chi connectivity index (χ1n) is 7.11. The quantitative estimate of drug-likeness (QED) is 0.867. The summed E-state index contributed by atoms with van der Waals surface area (Å²) in [5.74, 6) is 0.719. The van der Waals surface area contributed by atoms with Crippen LogP contribution < -0.4 is 10.2 Å². The van der Waals surface area contributed by atoms with Crippen LogP contribution >= 0.6 is 15.9 Å². The van der Waals surface area contributed by atoms with E-state index in [1.54, 1.807) is 0 Å². The Bertz CT molecular complexity index is 521. The average Bonchev–Trinajstić information content (AvgIpc) is 2.46. The number of rotatable bonds is 2. The molecule has 1 amide bonds. The molecule has 0 saturated carbocycles. The summed E-state index contributed by atoms with van der Waals surface area (Å²) in [5, 5.41) is 12.6. The van der Waals surface area contributed by atoms with Gasteiger partial charge >= 0.3 is 0 Å². The maximum absolute atomic E-state index is 11.4. The van der Waals surface area contributed by atoms with Gasteiger partial charge in [-0.1, -0.05) is 15.9 Å². The van der Waals surface area contributed by atoms with Crippen LogP contribution in [-0.4, -0.2) is 30.1 Å². The van der Waals surface area contributed by atoms with E-state index in [0.29, 0.717) is 18.4 Å². The van der Waals surface area contributed by atoms with E-state index >= 15 is 0 Å². The number of fused-ring (bicyclic) bond motifs is 1. The summed E-state index contributed by atoms with van der Waals surface area (Å²) in [6, 6.07) is 6.39. The molecule has 20 heavy (non-hydrogen) atoms. The lowest BCUT2D eigenvalue weighted by Gasteiger charge is -2.42. The predicted molar refractivity (Wildman–Crippen MR) is 81.5 cm³/mol. The Kier molecular flexibility index (Phi) is 3.98. The Morgan fingerprint density at radius 3 is 3.05 bits per heavy atom. The highest BCUT2D eigenvalue weighted by Gasteiger charge is 2.34. The summed E-state index contributed by atoms with van der Waals surface area (Å²) in [5.41, 5.74) is 2.07. The van der Waals surface area contributed by atoms with E-state index in [1.165, 1.54) is 0 Å². The van der Waals surface area contributed by atoms with E-state index in [1.807, 2.05) is 12.1 Å². The summed E-state index contributed by atoms with van der Waals surface area (Å²) < 4.78 is 0.991. The zero-order chi connectivity index (χ0) is 14.1. The number of piperidine rings is 2. The van der Waals surface area contributed by atoms with Crippen LogP contribution in [0.15, 0.2) is 22.7 Å². The van der Waals surface area contributed by atoms with Gasteiger partial charge in [-0.05, 0) is 37.0 Å². The lowest BCUT2D eigenvalue weighted by Crippen LogP contribution is -2.54. The van der Waals surface area contributed by atoms with Crippen LogP contribution in [0.25, 0.3) is 0 Å². The van der Waals surface area contributed by atoms with Crippen molar-refractivity contribution in [3.05, 3.63) is 28.2 Å². The number of nitrogens with one attached hydrogen (secondary N) is 1. The molecule has 2 heterocycles. The van der Waals surface area contributed by atoms with Gasteiger partial charge in [0.25, 0.3) is 0 Å². The summed E-state index contributed by atoms with van der Waals surface area (Å²) in [7, 11) is 0. The third-order valence-electron chi connectivity index (χ3n) is 4.38. The van der Waals surface area contributed by atoms with Crippen LogP contribution in [0.2, 0.25) is 0 Å². The molecule has 2 N–H and O–H groups in total. The van der Waals surface area contributed by atoms with Crippen LogP contribution in [0.5, 0.6) is 0 Å². The van der Waals surface area contributed by atoms with Gasteiger partial charge in [0.05, 0.1) is 6.61 Å². The zero-order valence-electron chi connectivity index (χ0n) is 11.3. The number of aliphatic hydroxyl groups is 1. The lowest BCUT2D eigenvalue weighted by atomic mass is 9.85. The normalized spacial score (nSPS) is 26.1. The molecule has 2 fully saturated rings. The smallest absolute Gasteiger partial charge is 0.220 e. The van der Waals surface area contributed by atoms with E-state index < -0.39 is 0 Å². The molecule has 0 radical (unpaired) electrons. The molecule has 5 heteroatoms. The van der Waals surface area contributed by atoms with Crippen molar-refractivity contribution in [2.75, 3.05) is 18.0 Å². The van der Waals surface area contributed by atoms with Gasteiger partial charge in [-0.15, -0.1) is 0 Å². The van der Waals surface area contributed by atoms with Crippen molar-refractivity contribution in [2.24, 2.45) is 5.92 Å². The van der Waals surface area contributed by atoms with Crippen molar-refractivity contribution in [1.82, 2.24) is 5.32 Å². The molecule has 1 aromatic carbocycles. The number of carbonyl (C=O) groups is 1. The van der Waals surface area contributed by atoms with E-state index in [2.05, 4.69) is 32.2 Å². The number of aliphatic hydroxyl groups excluding tert-OH is 1. The molecule has 1 aromatic rings. The van der Waals surface area contributed by atoms with E-state index in [-0.39, 0.29) is 12.5 Å². The Balaban J connectivity index is 1.78. The number of benzene rings is 1. The highest BCUT2D eigenvalue weighted by molar-refractivity contribution is 9.10. The molecule has 2 unspecified atom stereocenters. The minimum Gasteiger partial charge on any atom is -0.392 e. The predicted octanol–water partition coefficient (Wildman–Crippen LogP) is 2.05. The number of nitrogens with zero attached hydrogens (tertiary/aromatic N) is 1. The highest BCUT2D eigenvalue weighted by Crippen LogP contribution is 2.31. The van der Waals surface area contributed by atoms with Gasteiger partial charge in [0.15, 0.2) is 0 Å². The number of hydrogen-bond donors (Lipinski definition) is 2. The fourth-order valence-corrected chi connectivity index (χ4v) is 3.73. The van der Waals surface area contributed by atoms with Gasteiger partial charge in [0, 0.05) is 41.3 Å². The van der Waals surface area contributed by atoms with E-state index in [4.69, 9.17) is 0 Å². The largest absolute Gasteiger partial charge is 0.392 e. The Hall–Kier alpha value is -1.07. The van der Waals surface area contributed by atoms with Crippen molar-refractivity contribution in [3.8, 4) is 0 Å². The average molecular weight is 339 g/mol. The minimum absolute atomic E-state index is 0.0517. The van der Waals surface area contributed by atoms with E-state index in [0.717, 1.165) is 41.7 Å². The fraction of sp³-hybridized carbons (Fsp3) is 0.533. The molecule has 108 valence electrons. The summed E-state index contributed by atoms with van der Waals surface area (Å²) in [6.07, 6.45) is 2.59. The van der Waals surface area contributed by atoms with Crippen molar-refractivity contribution in [2.45, 2.75) is 31.9 Å². The van der Waals surface area contributed by atoms with Gasteiger partial charge < -0.3 is 15.3 Å². The van der Waals surface area contributed by atoms with Crippen LogP contribution in [0.3, 0.4) is 0 Å². The highest BCUT2D eigenvalue weighted by atomic mass is 79.9. The molecule has 2 aliphatic rings. The Labute approximate surface area is 127 Å². The first-order valence-corrected chi connectivity index (χ1v) is 7.90. The number of hydrogen-bond acceptors (Lipinski definition) is 3. The monoisotopic (exact) mass is 338 g/mol. The molecule has 2 saturated heterocycles. The topological polar surface area (TPSA) is 52.6 Å². The molecule has 0 aliphatic carbocycles. The van der Waals surface area contributed by atoms with Crippen LogP contribution in [0, 0.1) is 5.92 Å². The molecule has 3 rings (SSSR count). The Morgan fingerprint density at radius 2 is 2.25 bits per heavy atom. The third-order valence-corrected chi connectivity index (χ3v) is 4.87. The van der Waals surface area contributed by atoms with Gasteiger partial charge in [-0.25, -0.2) is 0 Å². The van der Waals surface area contributed by atoms with Crippen molar-refractivity contribution >= 4 is 27.5 Å². The molecule has 0 aromatic heterocycles. The maximum atomic E-state index is 11.4. The first-order chi connectivity index (χ1) is 9.67. The Morgan fingerprint density at radius 1 is 1.40 bits per heavy atom. The third kappa shape index (κ3) is 2.69. The van der Waals surface area contributed by atoms with Crippen LogP contribution in [0.4, 0.5) is 5.69 Å².